The minimum Gasteiger partial charge on any atom is -0.453 e. The fourth-order valence-corrected chi connectivity index (χ4v) is 6.00. The van der Waals surface area contributed by atoms with E-state index < -0.39 is 12.1 Å². The number of thioether (sulfide) groups is 1. The van der Waals surface area contributed by atoms with Crippen molar-refractivity contribution in [3.8, 4) is 0 Å². The molecule has 3 aliphatic rings. The Bertz CT molecular complexity index is 527. The van der Waals surface area contributed by atoms with Gasteiger partial charge < -0.3 is 15.8 Å². The second-order valence-corrected chi connectivity index (χ2v) is 9.56. The van der Waals surface area contributed by atoms with Gasteiger partial charge in [-0.25, -0.2) is 4.79 Å². The molecule has 0 radical (unpaired) electrons. The third-order valence-electron chi connectivity index (χ3n) is 5.83. The first-order valence-corrected chi connectivity index (χ1v) is 11.0. The molecule has 1 heterocycles. The molecule has 27 heavy (non-hydrogen) atoms. The number of hydrogen-bond donors (Lipinski definition) is 5. The summed E-state index contributed by atoms with van der Waals surface area (Å²) in [5.41, 5.74) is 5.63. The molecule has 0 aromatic rings. The largest absolute Gasteiger partial charge is 0.453 e. The predicted molar refractivity (Wildman–Crippen MR) is 106 cm³/mol. The Balaban J connectivity index is 1.38. The summed E-state index contributed by atoms with van der Waals surface area (Å²) in [5.74, 6) is -0.0423. The molecule has 0 spiro atoms. The maximum absolute atomic E-state index is 11.7. The van der Waals surface area contributed by atoms with E-state index in [1.165, 1.54) is 13.5 Å². The Labute approximate surface area is 165 Å². The predicted octanol–water partition coefficient (Wildman–Crippen LogP) is 0.616. The quantitative estimate of drug-likeness (QED) is 0.460. The van der Waals surface area contributed by atoms with Gasteiger partial charge >= 0.3 is 6.09 Å². The van der Waals surface area contributed by atoms with E-state index >= 15 is 0 Å². The van der Waals surface area contributed by atoms with Crippen molar-refractivity contribution in [2.24, 2.45) is 5.73 Å². The lowest BCUT2D eigenvalue weighted by molar-refractivity contribution is -0.122. The zero-order valence-electron chi connectivity index (χ0n) is 16.2. The van der Waals surface area contributed by atoms with E-state index in [9.17, 15) is 9.59 Å². The highest BCUT2D eigenvalue weighted by Crippen LogP contribution is 2.38. The topological polar surface area (TPSA) is 118 Å². The molecule has 4 unspecified atom stereocenters. The van der Waals surface area contributed by atoms with Gasteiger partial charge in [0, 0.05) is 28.6 Å². The third kappa shape index (κ3) is 5.73. The molecule has 5 atom stereocenters. The molecule has 8 nitrogen and oxygen atoms in total. The van der Waals surface area contributed by atoms with Gasteiger partial charge in [-0.05, 0) is 51.9 Å². The van der Waals surface area contributed by atoms with Crippen LogP contribution >= 0.6 is 11.8 Å². The Hall–Kier alpha value is -1.03. The number of carbonyl (C=O) groups excluding carboxylic acids is 2. The van der Waals surface area contributed by atoms with Gasteiger partial charge in [-0.2, -0.15) is 11.8 Å². The fourth-order valence-electron chi connectivity index (χ4n) is 4.32. The monoisotopic (exact) mass is 399 g/mol. The van der Waals surface area contributed by atoms with Crippen LogP contribution < -0.4 is 27.0 Å². The molecule has 2 amide bonds. The van der Waals surface area contributed by atoms with Crippen molar-refractivity contribution in [3.05, 3.63) is 0 Å². The van der Waals surface area contributed by atoms with Crippen molar-refractivity contribution in [2.45, 2.75) is 92.8 Å². The number of methoxy groups -OCH3 is 1. The zero-order valence-corrected chi connectivity index (χ0v) is 17.0. The minimum atomic E-state index is -0.433. The number of nitrogens with two attached hydrogens (primary N) is 1. The van der Waals surface area contributed by atoms with Gasteiger partial charge in [0.2, 0.25) is 5.91 Å². The summed E-state index contributed by atoms with van der Waals surface area (Å²) in [6.07, 6.45) is 7.19. The van der Waals surface area contributed by atoms with Crippen LogP contribution in [0.3, 0.4) is 0 Å². The van der Waals surface area contributed by atoms with Crippen molar-refractivity contribution >= 4 is 23.8 Å². The minimum absolute atomic E-state index is 0.0423. The van der Waals surface area contributed by atoms with Gasteiger partial charge in [0.15, 0.2) is 0 Å². The molecular weight excluding hydrogens is 366 g/mol. The van der Waals surface area contributed by atoms with Gasteiger partial charge in [-0.1, -0.05) is 0 Å². The van der Waals surface area contributed by atoms with Crippen molar-refractivity contribution < 1.29 is 14.3 Å². The van der Waals surface area contributed by atoms with Crippen molar-refractivity contribution in [1.29, 1.82) is 0 Å². The Kier molecular flexibility index (Phi) is 7.24. The highest BCUT2D eigenvalue weighted by atomic mass is 32.2. The number of alkyl carbamates (subject to hydrolysis) is 1. The number of amides is 2. The average Bonchev–Trinajstić information content (AvgIpc) is 3.04. The summed E-state index contributed by atoms with van der Waals surface area (Å²) in [6, 6.07) is 0.646. The van der Waals surface area contributed by atoms with E-state index in [0.29, 0.717) is 22.6 Å². The Morgan fingerprint density at radius 1 is 1.04 bits per heavy atom. The van der Waals surface area contributed by atoms with E-state index in [-0.39, 0.29) is 18.2 Å². The number of ether oxygens (including phenoxy) is 1. The number of fused-ring (bicyclic) bond motifs is 1. The third-order valence-corrected chi connectivity index (χ3v) is 7.50. The number of hydrogen-bond acceptors (Lipinski definition) is 7. The van der Waals surface area contributed by atoms with Crippen LogP contribution in [0.15, 0.2) is 0 Å². The normalized spacial score (nSPS) is 37.1. The summed E-state index contributed by atoms with van der Waals surface area (Å²) in [7, 11) is 1.38. The average molecular weight is 400 g/mol. The smallest absolute Gasteiger partial charge is 0.409 e. The molecule has 3 rings (SSSR count). The van der Waals surface area contributed by atoms with Gasteiger partial charge in [0.25, 0.3) is 0 Å². The molecular formula is C18H33N5O3S. The number of rotatable bonds is 5. The van der Waals surface area contributed by atoms with E-state index in [2.05, 4.69) is 37.8 Å². The van der Waals surface area contributed by atoms with Crippen LogP contribution in [-0.2, 0) is 9.53 Å². The fraction of sp³-hybridized carbons (Fsp3) is 0.889. The molecule has 3 fully saturated rings. The first-order chi connectivity index (χ1) is 12.9. The maximum atomic E-state index is 11.7. The summed E-state index contributed by atoms with van der Waals surface area (Å²) in [4.78, 5) is 23.1. The lowest BCUT2D eigenvalue weighted by atomic mass is 9.91. The highest BCUT2D eigenvalue weighted by Gasteiger charge is 2.39. The number of carbonyl (C=O) groups is 2. The summed E-state index contributed by atoms with van der Waals surface area (Å²) >= 11 is 2.12. The van der Waals surface area contributed by atoms with Crippen molar-refractivity contribution in [2.75, 3.05) is 7.11 Å². The molecule has 6 N–H and O–H groups in total. The van der Waals surface area contributed by atoms with E-state index in [4.69, 9.17) is 5.73 Å². The molecule has 0 bridgehead atoms. The molecule has 0 aromatic heterocycles. The highest BCUT2D eigenvalue weighted by molar-refractivity contribution is 8.00. The van der Waals surface area contributed by atoms with Gasteiger partial charge in [-0.3, -0.25) is 20.7 Å². The van der Waals surface area contributed by atoms with Crippen molar-refractivity contribution in [1.82, 2.24) is 21.3 Å². The van der Waals surface area contributed by atoms with Crippen LogP contribution in [0, 0.1) is 0 Å². The molecule has 1 aliphatic heterocycles. The second-order valence-electron chi connectivity index (χ2n) is 7.96. The lowest BCUT2D eigenvalue weighted by Crippen LogP contribution is -2.49. The van der Waals surface area contributed by atoms with E-state index in [1.807, 2.05) is 0 Å². The SMILES string of the molecule is COC(=O)NC1NC2CCC(SC3CCC(NC(=O)[C@H](C)N)CC3)CC2N1. The van der Waals surface area contributed by atoms with Crippen molar-refractivity contribution in [3.63, 3.8) is 0 Å². The molecule has 154 valence electrons. The van der Waals surface area contributed by atoms with Gasteiger partial charge in [0.1, 0.15) is 6.29 Å². The molecule has 9 heteroatoms. The van der Waals surface area contributed by atoms with Crippen LogP contribution in [0.1, 0.15) is 51.9 Å². The van der Waals surface area contributed by atoms with Gasteiger partial charge in [0.05, 0.1) is 13.2 Å². The number of nitrogens with one attached hydrogen (secondary N) is 4. The second kappa shape index (κ2) is 9.45. The summed E-state index contributed by atoms with van der Waals surface area (Å²) in [5, 5.41) is 14.1. The zero-order chi connectivity index (χ0) is 19.4. The molecule has 0 aromatic carbocycles. The van der Waals surface area contributed by atoms with E-state index in [0.717, 1.165) is 38.5 Å². The lowest BCUT2D eigenvalue weighted by Gasteiger charge is -2.35. The maximum Gasteiger partial charge on any atom is 0.409 e. The molecule has 1 saturated heterocycles. The first-order valence-electron chi connectivity index (χ1n) is 10.0. The van der Waals surface area contributed by atoms with Crippen LogP contribution in [0.4, 0.5) is 4.79 Å². The van der Waals surface area contributed by atoms with Crippen LogP contribution in [0.25, 0.3) is 0 Å². The Morgan fingerprint density at radius 2 is 1.70 bits per heavy atom. The Morgan fingerprint density at radius 3 is 2.37 bits per heavy atom. The summed E-state index contributed by atoms with van der Waals surface area (Å²) in [6.45, 7) is 1.73. The van der Waals surface area contributed by atoms with Crippen LogP contribution in [-0.4, -0.2) is 60.1 Å². The molecule has 2 saturated carbocycles. The van der Waals surface area contributed by atoms with Crippen LogP contribution in [0.2, 0.25) is 0 Å². The van der Waals surface area contributed by atoms with E-state index in [1.54, 1.807) is 6.92 Å². The first kappa shape index (κ1) is 20.7. The van der Waals surface area contributed by atoms with Crippen LogP contribution in [0.5, 0.6) is 0 Å². The standard InChI is InChI=1S/C18H33N5O3S/c1-10(19)16(24)20-11-3-5-12(6-4-11)27-13-7-8-14-15(9-13)22-17(21-14)23-18(25)26-2/h10-15,17,21-22H,3-9,19H2,1-2H3,(H,20,24)(H,23,25)/t10-,11?,12?,13?,14?,15?,17?/m0/s1. The van der Waals surface area contributed by atoms with Gasteiger partial charge in [-0.15, -0.1) is 0 Å². The molecule has 2 aliphatic carbocycles. The summed E-state index contributed by atoms with van der Waals surface area (Å²) < 4.78 is 4.67.